The van der Waals surface area contributed by atoms with Crippen LogP contribution in [-0.2, 0) is 11.2 Å². The van der Waals surface area contributed by atoms with Crippen molar-refractivity contribution in [3.8, 4) is 0 Å². The number of amides is 1. The lowest BCUT2D eigenvalue weighted by molar-refractivity contribution is -0.117. The maximum Gasteiger partial charge on any atom is 0.246 e. The zero-order chi connectivity index (χ0) is 12.4. The predicted octanol–water partition coefficient (Wildman–Crippen LogP) is 2.75. The summed E-state index contributed by atoms with van der Waals surface area (Å²) in [5.74, 6) is 0.143. The molecule has 0 unspecified atom stereocenters. The van der Waals surface area contributed by atoms with E-state index in [2.05, 4.69) is 22.1 Å². The maximum atomic E-state index is 12.0. The highest BCUT2D eigenvalue weighted by Gasteiger charge is 2.22. The first-order chi connectivity index (χ1) is 8.84. The Hall–Kier alpha value is -1.81. The monoisotopic (exact) mass is 258 g/mol. The molecule has 0 fully saturated rings. The van der Waals surface area contributed by atoms with Gasteiger partial charge in [-0.3, -0.25) is 4.79 Å². The van der Waals surface area contributed by atoms with Gasteiger partial charge in [0.1, 0.15) is 0 Å². The van der Waals surface area contributed by atoms with Gasteiger partial charge in [-0.2, -0.15) is 11.3 Å². The van der Waals surface area contributed by atoms with E-state index in [1.54, 1.807) is 11.3 Å². The van der Waals surface area contributed by atoms with Gasteiger partial charge >= 0.3 is 0 Å². The number of carbonyl (C=O) groups excluding carboxylic acids is 1. The van der Waals surface area contributed by atoms with Gasteiger partial charge in [0.25, 0.3) is 0 Å². The minimum absolute atomic E-state index is 0.143. The molecular weight excluding hydrogens is 244 g/mol. The van der Waals surface area contributed by atoms with Gasteiger partial charge in [-0.25, -0.2) is 0 Å². The third-order valence-corrected chi connectivity index (χ3v) is 3.86. The second kappa shape index (κ2) is 4.82. The second-order valence-electron chi connectivity index (χ2n) is 4.30. The zero-order valence-corrected chi connectivity index (χ0v) is 10.7. The van der Waals surface area contributed by atoms with Crippen LogP contribution in [0.1, 0.15) is 5.56 Å². The Labute approximate surface area is 110 Å². The fraction of sp³-hybridized carbons (Fsp3) is 0.214. The molecule has 0 radical (unpaired) electrons. The number of benzene rings is 1. The summed E-state index contributed by atoms with van der Waals surface area (Å²) in [6, 6.07) is 10.1. The number of nitrogens with one attached hydrogen (secondary N) is 1. The smallest absolute Gasteiger partial charge is 0.246 e. The van der Waals surface area contributed by atoms with Crippen LogP contribution in [0.15, 0.2) is 41.1 Å². The SMILES string of the molecule is O=C1CNc2ccccc2N1CCc1ccsc1. The number of rotatable bonds is 3. The molecule has 92 valence electrons. The van der Waals surface area contributed by atoms with Crippen molar-refractivity contribution in [3.05, 3.63) is 46.7 Å². The fourth-order valence-electron chi connectivity index (χ4n) is 2.18. The van der Waals surface area contributed by atoms with E-state index in [1.165, 1.54) is 5.56 Å². The van der Waals surface area contributed by atoms with Gasteiger partial charge in [-0.1, -0.05) is 12.1 Å². The van der Waals surface area contributed by atoms with Crippen molar-refractivity contribution < 1.29 is 4.79 Å². The molecular formula is C14H14N2OS. The third-order valence-electron chi connectivity index (χ3n) is 3.13. The van der Waals surface area contributed by atoms with Crippen molar-refractivity contribution in [2.45, 2.75) is 6.42 Å². The highest BCUT2D eigenvalue weighted by atomic mass is 32.1. The summed E-state index contributed by atoms with van der Waals surface area (Å²) in [5.41, 5.74) is 3.33. The minimum atomic E-state index is 0.143. The molecule has 1 N–H and O–H groups in total. The molecule has 0 aliphatic carbocycles. The Morgan fingerprint density at radius 1 is 1.28 bits per heavy atom. The molecule has 1 amide bonds. The van der Waals surface area contributed by atoms with Crippen LogP contribution < -0.4 is 10.2 Å². The summed E-state index contributed by atoms with van der Waals surface area (Å²) in [5, 5.41) is 7.36. The van der Waals surface area contributed by atoms with E-state index in [0.29, 0.717) is 6.54 Å². The van der Waals surface area contributed by atoms with Gasteiger partial charge in [0.05, 0.1) is 17.9 Å². The Morgan fingerprint density at radius 2 is 2.17 bits per heavy atom. The summed E-state index contributed by atoms with van der Waals surface area (Å²) < 4.78 is 0. The summed E-state index contributed by atoms with van der Waals surface area (Å²) >= 11 is 1.70. The molecule has 2 aromatic rings. The molecule has 3 rings (SSSR count). The van der Waals surface area contributed by atoms with Crippen molar-refractivity contribution in [2.24, 2.45) is 0 Å². The quantitative estimate of drug-likeness (QED) is 0.918. The van der Waals surface area contributed by atoms with Gasteiger partial charge in [0, 0.05) is 6.54 Å². The van der Waals surface area contributed by atoms with Crippen LogP contribution in [0, 0.1) is 0 Å². The van der Waals surface area contributed by atoms with E-state index in [0.717, 1.165) is 24.3 Å². The van der Waals surface area contributed by atoms with E-state index in [4.69, 9.17) is 0 Å². The molecule has 18 heavy (non-hydrogen) atoms. The molecule has 0 saturated carbocycles. The highest BCUT2D eigenvalue weighted by molar-refractivity contribution is 7.07. The molecule has 0 saturated heterocycles. The summed E-state index contributed by atoms with van der Waals surface area (Å²) in [6.07, 6.45) is 0.906. The normalized spacial score (nSPS) is 14.2. The van der Waals surface area contributed by atoms with Crippen LogP contribution >= 0.6 is 11.3 Å². The predicted molar refractivity (Wildman–Crippen MR) is 75.3 cm³/mol. The van der Waals surface area contributed by atoms with Crippen LogP contribution in [0.25, 0.3) is 0 Å². The van der Waals surface area contributed by atoms with Crippen LogP contribution in [0.3, 0.4) is 0 Å². The molecule has 1 aliphatic heterocycles. The molecule has 1 aromatic carbocycles. The average molecular weight is 258 g/mol. The van der Waals surface area contributed by atoms with E-state index < -0.39 is 0 Å². The van der Waals surface area contributed by atoms with Crippen molar-refractivity contribution >= 4 is 28.6 Å². The minimum Gasteiger partial charge on any atom is -0.374 e. The summed E-state index contributed by atoms with van der Waals surface area (Å²) in [7, 11) is 0. The Bertz CT molecular complexity index is 551. The molecule has 4 heteroatoms. The Morgan fingerprint density at radius 3 is 3.00 bits per heavy atom. The third kappa shape index (κ3) is 2.11. The lowest BCUT2D eigenvalue weighted by Crippen LogP contribution is -2.41. The van der Waals surface area contributed by atoms with Gasteiger partial charge < -0.3 is 10.2 Å². The fourth-order valence-corrected chi connectivity index (χ4v) is 2.88. The first-order valence-corrected chi connectivity index (χ1v) is 6.93. The van der Waals surface area contributed by atoms with Crippen molar-refractivity contribution in [1.82, 2.24) is 0 Å². The van der Waals surface area contributed by atoms with Gasteiger partial charge in [0.15, 0.2) is 0 Å². The molecule has 1 aromatic heterocycles. The highest BCUT2D eigenvalue weighted by Crippen LogP contribution is 2.29. The number of nitrogens with zero attached hydrogens (tertiary/aromatic N) is 1. The van der Waals surface area contributed by atoms with E-state index in [1.807, 2.05) is 29.2 Å². The molecule has 0 bridgehead atoms. The molecule has 2 heterocycles. The lowest BCUT2D eigenvalue weighted by Gasteiger charge is -2.30. The number of hydrogen-bond acceptors (Lipinski definition) is 3. The maximum absolute atomic E-state index is 12.0. The molecule has 0 atom stereocenters. The number of fused-ring (bicyclic) bond motifs is 1. The number of hydrogen-bond donors (Lipinski definition) is 1. The van der Waals surface area contributed by atoms with Crippen LogP contribution in [-0.4, -0.2) is 19.0 Å². The first-order valence-electron chi connectivity index (χ1n) is 5.99. The van der Waals surface area contributed by atoms with Crippen LogP contribution in [0.2, 0.25) is 0 Å². The standard InChI is InChI=1S/C14H14N2OS/c17-14-9-15-12-3-1-2-4-13(12)16(14)7-5-11-6-8-18-10-11/h1-4,6,8,10,15H,5,7,9H2. The van der Waals surface area contributed by atoms with Gasteiger partial charge in [-0.05, 0) is 40.9 Å². The molecule has 0 spiro atoms. The van der Waals surface area contributed by atoms with Crippen LogP contribution in [0.5, 0.6) is 0 Å². The van der Waals surface area contributed by atoms with E-state index >= 15 is 0 Å². The van der Waals surface area contributed by atoms with Gasteiger partial charge in [0.2, 0.25) is 5.91 Å². The largest absolute Gasteiger partial charge is 0.374 e. The van der Waals surface area contributed by atoms with E-state index in [9.17, 15) is 4.79 Å². The van der Waals surface area contributed by atoms with Crippen molar-refractivity contribution in [1.29, 1.82) is 0 Å². The Balaban J connectivity index is 1.80. The number of thiophene rings is 1. The zero-order valence-electron chi connectivity index (χ0n) is 9.93. The van der Waals surface area contributed by atoms with E-state index in [-0.39, 0.29) is 5.91 Å². The molecule has 3 nitrogen and oxygen atoms in total. The average Bonchev–Trinajstić information content (AvgIpc) is 2.91. The summed E-state index contributed by atoms with van der Waals surface area (Å²) in [4.78, 5) is 13.9. The van der Waals surface area contributed by atoms with Gasteiger partial charge in [-0.15, -0.1) is 0 Å². The Kier molecular flexibility index (Phi) is 3.02. The van der Waals surface area contributed by atoms with Crippen molar-refractivity contribution in [3.63, 3.8) is 0 Å². The number of para-hydroxylation sites is 2. The summed E-state index contributed by atoms with van der Waals surface area (Å²) in [6.45, 7) is 1.13. The molecule has 1 aliphatic rings. The number of carbonyl (C=O) groups is 1. The van der Waals surface area contributed by atoms with Crippen LogP contribution in [0.4, 0.5) is 11.4 Å². The lowest BCUT2D eigenvalue weighted by atomic mass is 10.1. The number of anilines is 2. The van der Waals surface area contributed by atoms with Crippen molar-refractivity contribution in [2.75, 3.05) is 23.3 Å². The second-order valence-corrected chi connectivity index (χ2v) is 5.08. The first kappa shape index (κ1) is 11.3. The topological polar surface area (TPSA) is 32.3 Å².